The fraction of sp³-hybridized carbons (Fsp3) is 0.353. The largest absolute Gasteiger partial charge is 0.493 e. The lowest BCUT2D eigenvalue weighted by molar-refractivity contribution is -0.122. The first kappa shape index (κ1) is 20.4. The molecular formula is C17H19ClF2N2O3S. The summed E-state index contributed by atoms with van der Waals surface area (Å²) in [6.07, 6.45) is 0. The van der Waals surface area contributed by atoms with Crippen molar-refractivity contribution in [3.8, 4) is 11.5 Å². The highest BCUT2D eigenvalue weighted by Gasteiger charge is 2.12. The molecule has 0 bridgehead atoms. The Morgan fingerprint density at radius 1 is 1.31 bits per heavy atom. The number of ether oxygens (including phenoxy) is 2. The Morgan fingerprint density at radius 3 is 2.69 bits per heavy atom. The predicted octanol–water partition coefficient (Wildman–Crippen LogP) is 3.76. The molecule has 0 unspecified atom stereocenters. The van der Waals surface area contributed by atoms with E-state index < -0.39 is 6.61 Å². The smallest absolute Gasteiger partial charge is 0.387 e. The maximum absolute atomic E-state index is 12.3. The van der Waals surface area contributed by atoms with Gasteiger partial charge < -0.3 is 14.8 Å². The summed E-state index contributed by atoms with van der Waals surface area (Å²) in [7, 11) is 3.20. The van der Waals surface area contributed by atoms with Crippen molar-refractivity contribution in [2.45, 2.75) is 19.7 Å². The van der Waals surface area contributed by atoms with Crippen LogP contribution in [-0.4, -0.2) is 38.1 Å². The van der Waals surface area contributed by atoms with Crippen molar-refractivity contribution in [3.63, 3.8) is 0 Å². The van der Waals surface area contributed by atoms with Gasteiger partial charge in [0.1, 0.15) is 0 Å². The van der Waals surface area contributed by atoms with Gasteiger partial charge >= 0.3 is 6.61 Å². The average molecular weight is 405 g/mol. The van der Waals surface area contributed by atoms with Gasteiger partial charge in [-0.1, -0.05) is 17.7 Å². The first-order chi connectivity index (χ1) is 12.4. The van der Waals surface area contributed by atoms with Gasteiger partial charge in [0.25, 0.3) is 0 Å². The number of benzene rings is 1. The molecule has 0 atom stereocenters. The van der Waals surface area contributed by atoms with Crippen LogP contribution in [0.5, 0.6) is 11.5 Å². The van der Waals surface area contributed by atoms with E-state index in [1.54, 1.807) is 12.1 Å². The molecule has 0 saturated heterocycles. The third-order valence-corrected chi connectivity index (χ3v) is 4.62. The van der Waals surface area contributed by atoms with Crippen LogP contribution in [0.25, 0.3) is 0 Å². The number of amides is 1. The fourth-order valence-corrected chi connectivity index (χ4v) is 3.44. The van der Waals surface area contributed by atoms with Crippen LogP contribution in [0.1, 0.15) is 10.4 Å². The number of hydrogen-bond acceptors (Lipinski definition) is 5. The van der Waals surface area contributed by atoms with Gasteiger partial charge in [0.15, 0.2) is 11.5 Å². The molecule has 1 aromatic carbocycles. The molecule has 1 amide bonds. The van der Waals surface area contributed by atoms with Crippen molar-refractivity contribution >= 4 is 28.8 Å². The quantitative estimate of drug-likeness (QED) is 0.691. The van der Waals surface area contributed by atoms with Crippen molar-refractivity contribution in [2.24, 2.45) is 0 Å². The normalized spacial score (nSPS) is 11.0. The lowest BCUT2D eigenvalue weighted by Gasteiger charge is -2.16. The highest BCUT2D eigenvalue weighted by atomic mass is 35.5. The van der Waals surface area contributed by atoms with Gasteiger partial charge in [0.2, 0.25) is 5.91 Å². The lowest BCUT2D eigenvalue weighted by Crippen LogP contribution is -2.34. The molecule has 9 heteroatoms. The summed E-state index contributed by atoms with van der Waals surface area (Å²) in [5.74, 6) is -0.0160. The molecule has 2 aromatic rings. The predicted molar refractivity (Wildman–Crippen MR) is 97.1 cm³/mol. The van der Waals surface area contributed by atoms with Crippen LogP contribution in [0, 0.1) is 0 Å². The molecule has 5 nitrogen and oxygen atoms in total. The molecule has 1 aromatic heterocycles. The third-order valence-electron chi connectivity index (χ3n) is 3.40. The van der Waals surface area contributed by atoms with Gasteiger partial charge in [-0.3, -0.25) is 9.69 Å². The van der Waals surface area contributed by atoms with E-state index in [1.807, 2.05) is 24.1 Å². The molecule has 2 rings (SSSR count). The molecule has 0 aliphatic heterocycles. The molecule has 0 fully saturated rings. The van der Waals surface area contributed by atoms with Crippen LogP contribution in [0.4, 0.5) is 8.78 Å². The van der Waals surface area contributed by atoms with Crippen LogP contribution in [0.15, 0.2) is 30.3 Å². The number of nitrogens with one attached hydrogen (secondary N) is 1. The van der Waals surface area contributed by atoms with Gasteiger partial charge in [-0.25, -0.2) is 0 Å². The van der Waals surface area contributed by atoms with Gasteiger partial charge in [-0.2, -0.15) is 8.78 Å². The van der Waals surface area contributed by atoms with Crippen molar-refractivity contribution in [3.05, 3.63) is 45.1 Å². The molecule has 1 N–H and O–H groups in total. The monoisotopic (exact) mass is 404 g/mol. The zero-order valence-corrected chi connectivity index (χ0v) is 15.9. The molecule has 142 valence electrons. The molecule has 0 radical (unpaired) electrons. The number of thiophene rings is 1. The Kier molecular flexibility index (Phi) is 7.62. The van der Waals surface area contributed by atoms with E-state index in [4.69, 9.17) is 16.3 Å². The van der Waals surface area contributed by atoms with E-state index in [0.717, 1.165) is 4.88 Å². The van der Waals surface area contributed by atoms with Crippen LogP contribution in [0.3, 0.4) is 0 Å². The summed E-state index contributed by atoms with van der Waals surface area (Å²) < 4.78 is 34.8. The first-order valence-corrected chi connectivity index (χ1v) is 8.88. The van der Waals surface area contributed by atoms with E-state index in [-0.39, 0.29) is 30.5 Å². The summed E-state index contributed by atoms with van der Waals surface area (Å²) in [6.45, 7) is -1.83. The zero-order valence-electron chi connectivity index (χ0n) is 14.3. The van der Waals surface area contributed by atoms with Gasteiger partial charge in [0.05, 0.1) is 18.0 Å². The summed E-state index contributed by atoms with van der Waals surface area (Å²) in [6, 6.07) is 8.29. The van der Waals surface area contributed by atoms with Crippen molar-refractivity contribution in [1.82, 2.24) is 10.2 Å². The minimum absolute atomic E-state index is 0.0491. The van der Waals surface area contributed by atoms with Gasteiger partial charge in [0, 0.05) is 18.0 Å². The number of likely N-dealkylation sites (N-methyl/N-ethyl adjacent to an activating group) is 1. The van der Waals surface area contributed by atoms with Crippen molar-refractivity contribution in [2.75, 3.05) is 20.7 Å². The Bertz CT molecular complexity index is 743. The van der Waals surface area contributed by atoms with E-state index in [2.05, 4.69) is 10.1 Å². The highest BCUT2D eigenvalue weighted by Crippen LogP contribution is 2.29. The minimum Gasteiger partial charge on any atom is -0.493 e. The molecule has 0 aliphatic rings. The van der Waals surface area contributed by atoms with Crippen LogP contribution < -0.4 is 14.8 Å². The van der Waals surface area contributed by atoms with E-state index in [0.29, 0.717) is 16.4 Å². The van der Waals surface area contributed by atoms with Crippen LogP contribution in [0.2, 0.25) is 4.34 Å². The Labute approximate surface area is 159 Å². The second-order valence-electron chi connectivity index (χ2n) is 5.52. The standard InChI is InChI=1S/C17H19ClF2N2O3S/c1-22(9-12-4-6-15(18)26-12)10-16(23)21-8-11-3-5-13(25-17(19)20)14(7-11)24-2/h3-7,17H,8-10H2,1-2H3,(H,21,23). The SMILES string of the molecule is COc1cc(CNC(=O)CN(C)Cc2ccc(Cl)s2)ccc1OC(F)F. The van der Waals surface area contributed by atoms with E-state index >= 15 is 0 Å². The second kappa shape index (κ2) is 9.70. The molecule has 1 heterocycles. The molecule has 26 heavy (non-hydrogen) atoms. The molecule has 0 aliphatic carbocycles. The number of alkyl halides is 2. The highest BCUT2D eigenvalue weighted by molar-refractivity contribution is 7.16. The minimum atomic E-state index is -2.93. The molecule has 0 spiro atoms. The number of carbonyl (C=O) groups excluding carboxylic acids is 1. The van der Waals surface area contributed by atoms with Gasteiger partial charge in [-0.05, 0) is 36.9 Å². The maximum atomic E-state index is 12.3. The Hall–Kier alpha value is -1.90. The number of nitrogens with zero attached hydrogens (tertiary/aromatic N) is 1. The second-order valence-corrected chi connectivity index (χ2v) is 7.32. The fourth-order valence-electron chi connectivity index (χ4n) is 2.28. The third kappa shape index (κ3) is 6.44. The number of rotatable bonds is 9. The van der Waals surface area contributed by atoms with E-state index in [1.165, 1.54) is 24.5 Å². The van der Waals surface area contributed by atoms with Crippen LogP contribution >= 0.6 is 22.9 Å². The molecular weight excluding hydrogens is 386 g/mol. The van der Waals surface area contributed by atoms with E-state index in [9.17, 15) is 13.6 Å². The zero-order chi connectivity index (χ0) is 19.1. The maximum Gasteiger partial charge on any atom is 0.387 e. The van der Waals surface area contributed by atoms with Crippen molar-refractivity contribution in [1.29, 1.82) is 0 Å². The van der Waals surface area contributed by atoms with Crippen LogP contribution in [-0.2, 0) is 17.9 Å². The summed E-state index contributed by atoms with van der Waals surface area (Å²) in [5.41, 5.74) is 0.713. The Morgan fingerprint density at radius 2 is 2.08 bits per heavy atom. The number of hydrogen-bond donors (Lipinski definition) is 1. The number of methoxy groups -OCH3 is 1. The van der Waals surface area contributed by atoms with Crippen molar-refractivity contribution < 1.29 is 23.0 Å². The Balaban J connectivity index is 1.84. The summed E-state index contributed by atoms with van der Waals surface area (Å²) in [5, 5.41) is 2.78. The molecule has 0 saturated carbocycles. The lowest BCUT2D eigenvalue weighted by atomic mass is 10.2. The first-order valence-electron chi connectivity index (χ1n) is 7.68. The van der Waals surface area contributed by atoms with Gasteiger partial charge in [-0.15, -0.1) is 11.3 Å². The number of carbonyl (C=O) groups is 1. The summed E-state index contributed by atoms with van der Waals surface area (Å²) >= 11 is 7.37. The topological polar surface area (TPSA) is 50.8 Å². The number of halogens is 3. The average Bonchev–Trinajstić information content (AvgIpc) is 2.98. The summed E-state index contributed by atoms with van der Waals surface area (Å²) in [4.78, 5) is 15.0.